The van der Waals surface area contributed by atoms with E-state index in [4.69, 9.17) is 9.72 Å². The Bertz CT molecular complexity index is 562. The van der Waals surface area contributed by atoms with E-state index in [9.17, 15) is 0 Å². The summed E-state index contributed by atoms with van der Waals surface area (Å²) in [6.45, 7) is 6.89. The average Bonchev–Trinajstić information content (AvgIpc) is 2.88. The Labute approximate surface area is 125 Å². The van der Waals surface area contributed by atoms with Crippen molar-refractivity contribution in [2.24, 2.45) is 0 Å². The fourth-order valence-corrected chi connectivity index (χ4v) is 2.90. The van der Waals surface area contributed by atoms with Gasteiger partial charge in [-0.3, -0.25) is 4.90 Å². The summed E-state index contributed by atoms with van der Waals surface area (Å²) >= 11 is 0. The number of fused-ring (bicyclic) bond motifs is 1. The van der Waals surface area contributed by atoms with Crippen LogP contribution in [0.1, 0.15) is 25.6 Å². The molecule has 5 nitrogen and oxygen atoms in total. The standard InChI is InChI=1S/C16H24N4O/c1-12(2)17-10-14-16(19(3)8-9-21-14)13-11-20-7-5-4-6-15(20)18-13/h4-7,11-12,14,16-17H,8-10H2,1-3H3. The summed E-state index contributed by atoms with van der Waals surface area (Å²) in [6.07, 6.45) is 4.29. The molecule has 3 rings (SSSR count). The first kappa shape index (κ1) is 14.5. The van der Waals surface area contributed by atoms with Gasteiger partial charge in [0.15, 0.2) is 0 Å². The van der Waals surface area contributed by atoms with E-state index in [1.165, 1.54) is 0 Å². The van der Waals surface area contributed by atoms with E-state index >= 15 is 0 Å². The number of pyridine rings is 1. The number of hydrogen-bond acceptors (Lipinski definition) is 4. The molecule has 2 aromatic rings. The number of nitrogens with one attached hydrogen (secondary N) is 1. The maximum atomic E-state index is 6.01. The van der Waals surface area contributed by atoms with Crippen molar-refractivity contribution in [1.29, 1.82) is 0 Å². The maximum absolute atomic E-state index is 6.01. The van der Waals surface area contributed by atoms with Crippen LogP contribution in [0.3, 0.4) is 0 Å². The smallest absolute Gasteiger partial charge is 0.137 e. The van der Waals surface area contributed by atoms with Crippen LogP contribution < -0.4 is 5.32 Å². The van der Waals surface area contributed by atoms with Crippen molar-refractivity contribution in [3.05, 3.63) is 36.3 Å². The zero-order chi connectivity index (χ0) is 14.8. The molecule has 3 heterocycles. The lowest BCUT2D eigenvalue weighted by atomic mass is 10.0. The predicted octanol–water partition coefficient (Wildman–Crippen LogP) is 1.70. The number of ether oxygens (including phenoxy) is 1. The summed E-state index contributed by atoms with van der Waals surface area (Å²) in [5.41, 5.74) is 2.07. The number of hydrogen-bond donors (Lipinski definition) is 1. The molecule has 2 aromatic heterocycles. The average molecular weight is 288 g/mol. The highest BCUT2D eigenvalue weighted by Gasteiger charge is 2.33. The molecular formula is C16H24N4O. The van der Waals surface area contributed by atoms with Gasteiger partial charge in [-0.15, -0.1) is 0 Å². The number of morpholine rings is 1. The summed E-state index contributed by atoms with van der Waals surface area (Å²) < 4.78 is 8.08. The summed E-state index contributed by atoms with van der Waals surface area (Å²) in [5.74, 6) is 0. The molecule has 5 heteroatoms. The van der Waals surface area contributed by atoms with Crippen LogP contribution in [-0.2, 0) is 4.74 Å². The van der Waals surface area contributed by atoms with Crippen LogP contribution in [0, 0.1) is 0 Å². The highest BCUT2D eigenvalue weighted by atomic mass is 16.5. The van der Waals surface area contributed by atoms with E-state index in [1.54, 1.807) is 0 Å². The lowest BCUT2D eigenvalue weighted by Gasteiger charge is -2.38. The van der Waals surface area contributed by atoms with Crippen molar-refractivity contribution in [1.82, 2.24) is 19.6 Å². The minimum absolute atomic E-state index is 0.135. The van der Waals surface area contributed by atoms with Crippen molar-refractivity contribution in [3.8, 4) is 0 Å². The second kappa shape index (κ2) is 6.13. The molecule has 114 valence electrons. The third kappa shape index (κ3) is 3.10. The van der Waals surface area contributed by atoms with Gasteiger partial charge >= 0.3 is 0 Å². The molecule has 2 unspecified atom stereocenters. The quantitative estimate of drug-likeness (QED) is 0.930. The highest BCUT2D eigenvalue weighted by molar-refractivity contribution is 5.40. The Hall–Kier alpha value is -1.43. The molecule has 0 spiro atoms. The zero-order valence-electron chi connectivity index (χ0n) is 13.0. The first-order valence-corrected chi connectivity index (χ1v) is 7.64. The molecule has 1 saturated heterocycles. The van der Waals surface area contributed by atoms with E-state index in [0.29, 0.717) is 6.04 Å². The van der Waals surface area contributed by atoms with Gasteiger partial charge in [-0.2, -0.15) is 0 Å². The van der Waals surface area contributed by atoms with Crippen LogP contribution >= 0.6 is 0 Å². The molecule has 0 aliphatic carbocycles. The SMILES string of the molecule is CC(C)NCC1OCCN(C)C1c1cn2ccccc2n1. The van der Waals surface area contributed by atoms with Gasteiger partial charge in [-0.05, 0) is 19.2 Å². The van der Waals surface area contributed by atoms with Crippen molar-refractivity contribution in [2.75, 3.05) is 26.7 Å². The van der Waals surface area contributed by atoms with Crippen LogP contribution in [0.25, 0.3) is 5.65 Å². The van der Waals surface area contributed by atoms with Crippen LogP contribution in [-0.4, -0.2) is 53.2 Å². The van der Waals surface area contributed by atoms with E-state index in [-0.39, 0.29) is 12.1 Å². The Balaban J connectivity index is 1.87. The summed E-state index contributed by atoms with van der Waals surface area (Å²) in [7, 11) is 2.15. The molecule has 1 aliphatic heterocycles. The van der Waals surface area contributed by atoms with Gasteiger partial charge in [-0.25, -0.2) is 4.98 Å². The minimum atomic E-state index is 0.135. The van der Waals surface area contributed by atoms with E-state index in [0.717, 1.165) is 31.0 Å². The normalized spacial score (nSPS) is 24.0. The summed E-state index contributed by atoms with van der Waals surface area (Å²) in [6, 6.07) is 6.74. The molecule has 21 heavy (non-hydrogen) atoms. The van der Waals surface area contributed by atoms with Gasteiger partial charge in [0.2, 0.25) is 0 Å². The third-order valence-electron chi connectivity index (χ3n) is 4.02. The van der Waals surface area contributed by atoms with Gasteiger partial charge in [0, 0.05) is 31.5 Å². The Morgan fingerprint density at radius 3 is 3.05 bits per heavy atom. The number of likely N-dealkylation sites (N-methyl/N-ethyl adjacent to an activating group) is 1. The van der Waals surface area contributed by atoms with Crippen LogP contribution in [0.2, 0.25) is 0 Å². The Morgan fingerprint density at radius 2 is 2.29 bits per heavy atom. The molecule has 0 aromatic carbocycles. The first-order valence-electron chi connectivity index (χ1n) is 7.64. The number of rotatable bonds is 4. The van der Waals surface area contributed by atoms with Crippen molar-refractivity contribution in [3.63, 3.8) is 0 Å². The molecule has 1 aliphatic rings. The van der Waals surface area contributed by atoms with Crippen LogP contribution in [0.15, 0.2) is 30.6 Å². The Morgan fingerprint density at radius 1 is 1.43 bits per heavy atom. The van der Waals surface area contributed by atoms with E-state index in [2.05, 4.69) is 41.7 Å². The molecule has 2 atom stereocenters. The molecule has 1 fully saturated rings. The van der Waals surface area contributed by atoms with Crippen molar-refractivity contribution >= 4 is 5.65 Å². The maximum Gasteiger partial charge on any atom is 0.137 e. The molecular weight excluding hydrogens is 264 g/mol. The second-order valence-corrected chi connectivity index (χ2v) is 6.03. The van der Waals surface area contributed by atoms with Gasteiger partial charge in [0.1, 0.15) is 5.65 Å². The van der Waals surface area contributed by atoms with E-state index in [1.807, 2.05) is 24.4 Å². The topological polar surface area (TPSA) is 41.8 Å². The van der Waals surface area contributed by atoms with E-state index < -0.39 is 0 Å². The van der Waals surface area contributed by atoms with Gasteiger partial charge in [-0.1, -0.05) is 19.9 Å². The van der Waals surface area contributed by atoms with Gasteiger partial charge in [0.05, 0.1) is 24.4 Å². The van der Waals surface area contributed by atoms with Gasteiger partial charge in [0.25, 0.3) is 0 Å². The lowest BCUT2D eigenvalue weighted by molar-refractivity contribution is -0.0631. The van der Waals surface area contributed by atoms with Crippen LogP contribution in [0.5, 0.6) is 0 Å². The summed E-state index contributed by atoms with van der Waals surface area (Å²) in [5, 5.41) is 3.48. The third-order valence-corrected chi connectivity index (χ3v) is 4.02. The van der Waals surface area contributed by atoms with Crippen molar-refractivity contribution in [2.45, 2.75) is 32.0 Å². The Kier molecular flexibility index (Phi) is 4.24. The fraction of sp³-hybridized carbons (Fsp3) is 0.562. The number of nitrogens with zero attached hydrogens (tertiary/aromatic N) is 3. The predicted molar refractivity (Wildman–Crippen MR) is 83.4 cm³/mol. The molecule has 0 saturated carbocycles. The molecule has 1 N–H and O–H groups in total. The second-order valence-electron chi connectivity index (χ2n) is 6.03. The largest absolute Gasteiger partial charge is 0.374 e. The fourth-order valence-electron chi connectivity index (χ4n) is 2.90. The zero-order valence-corrected chi connectivity index (χ0v) is 13.0. The van der Waals surface area contributed by atoms with Crippen molar-refractivity contribution < 1.29 is 4.74 Å². The highest BCUT2D eigenvalue weighted by Crippen LogP contribution is 2.27. The number of aromatic nitrogens is 2. The number of imidazole rings is 1. The monoisotopic (exact) mass is 288 g/mol. The molecule has 0 amide bonds. The molecule has 0 bridgehead atoms. The first-order chi connectivity index (χ1) is 10.1. The van der Waals surface area contributed by atoms with Crippen LogP contribution in [0.4, 0.5) is 0 Å². The molecule has 0 radical (unpaired) electrons. The summed E-state index contributed by atoms with van der Waals surface area (Å²) in [4.78, 5) is 7.12. The van der Waals surface area contributed by atoms with Gasteiger partial charge < -0.3 is 14.5 Å². The lowest BCUT2D eigenvalue weighted by Crippen LogP contribution is -2.48. The minimum Gasteiger partial charge on any atom is -0.374 e.